The van der Waals surface area contributed by atoms with Crippen LogP contribution in [0, 0.1) is 5.92 Å². The molecule has 1 N–H and O–H groups in total. The summed E-state index contributed by atoms with van der Waals surface area (Å²) in [6.45, 7) is 1.69. The van der Waals surface area contributed by atoms with E-state index in [1.54, 1.807) is 6.33 Å². The molecule has 5 rings (SSSR count). The molecule has 2 aromatic rings. The monoisotopic (exact) mass is 370 g/mol. The number of carbonyl (C=O) groups is 1. The van der Waals surface area contributed by atoms with Crippen molar-refractivity contribution in [3.05, 3.63) is 16.8 Å². The first kappa shape index (κ1) is 16.5. The van der Waals surface area contributed by atoms with Crippen molar-refractivity contribution in [1.82, 2.24) is 14.9 Å². The summed E-state index contributed by atoms with van der Waals surface area (Å²) in [6.07, 6.45) is 12.2. The van der Waals surface area contributed by atoms with E-state index in [1.807, 2.05) is 11.3 Å². The molecule has 3 aliphatic rings. The predicted molar refractivity (Wildman–Crippen MR) is 105 cm³/mol. The van der Waals surface area contributed by atoms with Crippen LogP contribution in [0.4, 0.5) is 5.82 Å². The highest BCUT2D eigenvalue weighted by Gasteiger charge is 2.32. The molecule has 0 bridgehead atoms. The van der Waals surface area contributed by atoms with Gasteiger partial charge >= 0.3 is 0 Å². The second-order valence-electron chi connectivity index (χ2n) is 8.01. The van der Waals surface area contributed by atoms with Gasteiger partial charge in [-0.3, -0.25) is 4.79 Å². The molecule has 6 heteroatoms. The Kier molecular flexibility index (Phi) is 4.31. The van der Waals surface area contributed by atoms with Crippen molar-refractivity contribution < 1.29 is 4.79 Å². The fourth-order valence-electron chi connectivity index (χ4n) is 4.90. The van der Waals surface area contributed by atoms with Gasteiger partial charge < -0.3 is 10.2 Å². The van der Waals surface area contributed by atoms with E-state index in [2.05, 4.69) is 20.2 Å². The summed E-state index contributed by atoms with van der Waals surface area (Å²) in [7, 11) is 0. The van der Waals surface area contributed by atoms with Gasteiger partial charge in [-0.15, -0.1) is 11.3 Å². The average molecular weight is 371 g/mol. The number of nitrogens with zero attached hydrogens (tertiary/aromatic N) is 3. The fourth-order valence-corrected chi connectivity index (χ4v) is 6.13. The zero-order chi connectivity index (χ0) is 17.5. The number of likely N-dealkylation sites (tertiary alicyclic amines) is 1. The average Bonchev–Trinajstić information content (AvgIpc) is 3.40. The molecule has 1 amide bonds. The van der Waals surface area contributed by atoms with Gasteiger partial charge in [0.05, 0.1) is 5.39 Å². The lowest BCUT2D eigenvalue weighted by atomic mass is 9.97. The number of aromatic nitrogens is 2. The summed E-state index contributed by atoms with van der Waals surface area (Å²) in [6, 6.07) is 0.303. The maximum Gasteiger partial charge on any atom is 0.225 e. The van der Waals surface area contributed by atoms with E-state index in [1.165, 1.54) is 47.9 Å². The molecule has 1 atom stereocenters. The zero-order valence-corrected chi connectivity index (χ0v) is 16.0. The van der Waals surface area contributed by atoms with Crippen LogP contribution in [0.15, 0.2) is 6.33 Å². The van der Waals surface area contributed by atoms with Crippen LogP contribution in [0.1, 0.15) is 55.4 Å². The molecule has 0 aromatic carbocycles. The molecule has 1 unspecified atom stereocenters. The van der Waals surface area contributed by atoms with E-state index in [9.17, 15) is 4.79 Å². The number of fused-ring (bicyclic) bond motifs is 3. The lowest BCUT2D eigenvalue weighted by Gasteiger charge is -2.21. The summed E-state index contributed by atoms with van der Waals surface area (Å²) in [5.74, 6) is 1.64. The Morgan fingerprint density at radius 3 is 2.85 bits per heavy atom. The molecule has 2 fully saturated rings. The Morgan fingerprint density at radius 1 is 1.12 bits per heavy atom. The Labute approximate surface area is 158 Å². The Hall–Kier alpha value is -1.69. The minimum atomic E-state index is 0.281. The molecule has 2 aliphatic carbocycles. The first-order chi connectivity index (χ1) is 12.8. The molecular formula is C20H26N4OS. The molecule has 0 spiro atoms. The highest BCUT2D eigenvalue weighted by molar-refractivity contribution is 7.19. The van der Waals surface area contributed by atoms with Crippen molar-refractivity contribution in [2.75, 3.05) is 18.4 Å². The highest BCUT2D eigenvalue weighted by Crippen LogP contribution is 2.38. The first-order valence-corrected chi connectivity index (χ1v) is 10.9. The minimum absolute atomic E-state index is 0.281. The Morgan fingerprint density at radius 2 is 1.96 bits per heavy atom. The van der Waals surface area contributed by atoms with Crippen molar-refractivity contribution in [1.29, 1.82) is 0 Å². The third kappa shape index (κ3) is 2.88. The lowest BCUT2D eigenvalue weighted by molar-refractivity contribution is -0.134. The molecule has 1 saturated heterocycles. The highest BCUT2D eigenvalue weighted by atomic mass is 32.1. The van der Waals surface area contributed by atoms with E-state index < -0.39 is 0 Å². The second-order valence-corrected chi connectivity index (χ2v) is 9.09. The number of rotatable bonds is 3. The molecule has 2 aromatic heterocycles. The van der Waals surface area contributed by atoms with Crippen molar-refractivity contribution in [2.24, 2.45) is 5.92 Å². The largest absolute Gasteiger partial charge is 0.365 e. The van der Waals surface area contributed by atoms with E-state index in [0.29, 0.717) is 11.9 Å². The summed E-state index contributed by atoms with van der Waals surface area (Å²) >= 11 is 1.84. The van der Waals surface area contributed by atoms with Gasteiger partial charge in [-0.2, -0.15) is 0 Å². The summed E-state index contributed by atoms with van der Waals surface area (Å²) in [5.41, 5.74) is 1.47. The summed E-state index contributed by atoms with van der Waals surface area (Å²) < 4.78 is 0. The number of carbonyl (C=O) groups excluding carboxylic acids is 1. The molecule has 5 nitrogen and oxygen atoms in total. The first-order valence-electron chi connectivity index (χ1n) is 10.1. The SMILES string of the molecule is O=C(C1CCCC1)N1CCC(Nc2ncnc3sc4c(c23)CCCC4)C1. The van der Waals surface area contributed by atoms with Gasteiger partial charge in [0, 0.05) is 29.9 Å². The van der Waals surface area contributed by atoms with E-state index in [0.717, 1.165) is 49.4 Å². The molecule has 1 aliphatic heterocycles. The number of anilines is 1. The van der Waals surface area contributed by atoms with E-state index >= 15 is 0 Å². The molecule has 138 valence electrons. The second kappa shape index (κ2) is 6.80. The lowest BCUT2D eigenvalue weighted by Crippen LogP contribution is -2.35. The molecule has 0 radical (unpaired) electrons. The quantitative estimate of drug-likeness (QED) is 0.893. The van der Waals surface area contributed by atoms with Crippen LogP contribution in [0.25, 0.3) is 10.2 Å². The van der Waals surface area contributed by atoms with Gasteiger partial charge in [-0.25, -0.2) is 9.97 Å². The van der Waals surface area contributed by atoms with Gasteiger partial charge in [-0.1, -0.05) is 12.8 Å². The number of hydrogen-bond acceptors (Lipinski definition) is 5. The van der Waals surface area contributed by atoms with Gasteiger partial charge in [0.25, 0.3) is 0 Å². The van der Waals surface area contributed by atoms with E-state index in [-0.39, 0.29) is 5.92 Å². The van der Waals surface area contributed by atoms with Crippen molar-refractivity contribution in [3.63, 3.8) is 0 Å². The van der Waals surface area contributed by atoms with Gasteiger partial charge in [0.1, 0.15) is 17.0 Å². The molecule has 3 heterocycles. The molecule has 26 heavy (non-hydrogen) atoms. The predicted octanol–water partition coefficient (Wildman–Crippen LogP) is 3.77. The van der Waals surface area contributed by atoms with Gasteiger partial charge in [0.15, 0.2) is 0 Å². The number of aryl methyl sites for hydroxylation is 2. The third-order valence-electron chi connectivity index (χ3n) is 6.30. The molecular weight excluding hydrogens is 344 g/mol. The maximum absolute atomic E-state index is 12.7. The smallest absolute Gasteiger partial charge is 0.225 e. The number of nitrogens with one attached hydrogen (secondary N) is 1. The number of thiophene rings is 1. The van der Waals surface area contributed by atoms with Crippen molar-refractivity contribution in [3.8, 4) is 0 Å². The van der Waals surface area contributed by atoms with Crippen LogP contribution in [0.2, 0.25) is 0 Å². The number of hydrogen-bond donors (Lipinski definition) is 1. The topological polar surface area (TPSA) is 58.1 Å². The van der Waals surface area contributed by atoms with Crippen LogP contribution in [-0.2, 0) is 17.6 Å². The third-order valence-corrected chi connectivity index (χ3v) is 7.50. The van der Waals surface area contributed by atoms with E-state index in [4.69, 9.17) is 0 Å². The summed E-state index contributed by atoms with van der Waals surface area (Å²) in [5, 5.41) is 4.90. The van der Waals surface area contributed by atoms with Crippen molar-refractivity contribution in [2.45, 2.75) is 63.8 Å². The molecule has 1 saturated carbocycles. The van der Waals surface area contributed by atoms with Crippen LogP contribution in [0.3, 0.4) is 0 Å². The van der Waals surface area contributed by atoms with Crippen molar-refractivity contribution >= 4 is 33.3 Å². The summed E-state index contributed by atoms with van der Waals surface area (Å²) in [4.78, 5) is 26.5. The van der Waals surface area contributed by atoms with Crippen LogP contribution >= 0.6 is 11.3 Å². The fraction of sp³-hybridized carbons (Fsp3) is 0.650. The Bertz CT molecular complexity index is 827. The van der Waals surface area contributed by atoms with Crippen LogP contribution in [0.5, 0.6) is 0 Å². The number of amides is 1. The normalized spacial score (nSPS) is 23.5. The Balaban J connectivity index is 1.34. The standard InChI is InChI=1S/C20H26N4OS/c25-20(13-5-1-2-6-13)24-10-9-14(11-24)23-18-17-15-7-3-4-8-16(15)26-19(17)22-12-21-18/h12-14H,1-11H2,(H,21,22,23). The van der Waals surface area contributed by atoms with Gasteiger partial charge in [0.2, 0.25) is 5.91 Å². The van der Waals surface area contributed by atoms with Gasteiger partial charge in [-0.05, 0) is 50.5 Å². The van der Waals surface area contributed by atoms with Crippen LogP contribution in [-0.4, -0.2) is 39.9 Å². The zero-order valence-electron chi connectivity index (χ0n) is 15.2. The van der Waals surface area contributed by atoms with Crippen LogP contribution < -0.4 is 5.32 Å². The minimum Gasteiger partial charge on any atom is -0.365 e. The maximum atomic E-state index is 12.7.